The molecular weight excluding hydrogens is 354 g/mol. The van der Waals surface area contributed by atoms with Gasteiger partial charge in [-0.25, -0.2) is 4.79 Å². The highest BCUT2D eigenvalue weighted by atomic mass is 35.5. The number of amides is 1. The molecule has 0 aliphatic rings. The number of carbonyl (C=O) groups is 1. The molecule has 0 saturated carbocycles. The second-order valence-corrected chi connectivity index (χ2v) is 6.60. The first-order chi connectivity index (χ1) is 12.4. The van der Waals surface area contributed by atoms with Crippen LogP contribution in [-0.4, -0.2) is 11.0 Å². The predicted molar refractivity (Wildman–Crippen MR) is 101 cm³/mol. The van der Waals surface area contributed by atoms with Gasteiger partial charge in [-0.15, -0.1) is 0 Å². The monoisotopic (exact) mass is 371 g/mol. The van der Waals surface area contributed by atoms with Crippen LogP contribution in [0.25, 0.3) is 11.0 Å². The number of hydrogen-bond acceptors (Lipinski definition) is 4. The second kappa shape index (κ2) is 7.22. The maximum Gasteiger partial charge on any atom is 0.340 e. The Morgan fingerprint density at radius 2 is 1.96 bits per heavy atom. The number of aryl methyl sites for hydroxylation is 2. The van der Waals surface area contributed by atoms with E-state index in [-0.39, 0.29) is 30.2 Å². The molecule has 3 aromatic rings. The Labute approximate surface area is 155 Å². The zero-order valence-corrected chi connectivity index (χ0v) is 15.2. The van der Waals surface area contributed by atoms with Gasteiger partial charge in [0.2, 0.25) is 5.91 Å². The molecule has 0 saturated heterocycles. The van der Waals surface area contributed by atoms with E-state index in [1.807, 2.05) is 18.2 Å². The number of fused-ring (bicyclic) bond motifs is 1. The highest BCUT2D eigenvalue weighted by Gasteiger charge is 2.17. The van der Waals surface area contributed by atoms with Crippen LogP contribution in [0.2, 0.25) is 5.02 Å². The van der Waals surface area contributed by atoms with Crippen LogP contribution in [0.1, 0.15) is 22.3 Å². The molecule has 134 valence electrons. The average Bonchev–Trinajstić information content (AvgIpc) is 2.57. The predicted octanol–water partition coefficient (Wildman–Crippen LogP) is 3.63. The van der Waals surface area contributed by atoms with Gasteiger partial charge in [-0.1, -0.05) is 29.8 Å². The lowest BCUT2D eigenvalue weighted by Gasteiger charge is -2.11. The van der Waals surface area contributed by atoms with Crippen LogP contribution in [0.4, 0.5) is 0 Å². The molecule has 1 amide bonds. The molecule has 0 atom stereocenters. The molecule has 5 nitrogen and oxygen atoms in total. The Hall–Kier alpha value is -2.79. The normalized spacial score (nSPS) is 10.9. The van der Waals surface area contributed by atoms with Gasteiger partial charge in [-0.3, -0.25) is 4.79 Å². The first-order valence-corrected chi connectivity index (χ1v) is 8.50. The summed E-state index contributed by atoms with van der Waals surface area (Å²) in [5, 5.41) is 13.9. The van der Waals surface area contributed by atoms with Gasteiger partial charge in [0.05, 0.1) is 17.4 Å². The summed E-state index contributed by atoms with van der Waals surface area (Å²) in [6.45, 7) is 3.76. The van der Waals surface area contributed by atoms with Crippen molar-refractivity contribution in [2.24, 2.45) is 0 Å². The third kappa shape index (κ3) is 3.58. The summed E-state index contributed by atoms with van der Waals surface area (Å²) in [4.78, 5) is 24.6. The smallest absolute Gasteiger partial charge is 0.340 e. The standard InChI is InChI=1S/C20H18ClNO4/c1-11-7-16(23)19-12(2)14(20(25)26-17(19)8-11)9-18(24)22-10-13-5-3-4-6-15(13)21/h3-8,23H,9-10H2,1-2H3,(H,22,24). The van der Waals surface area contributed by atoms with Crippen molar-refractivity contribution in [3.8, 4) is 5.75 Å². The first-order valence-electron chi connectivity index (χ1n) is 8.13. The lowest BCUT2D eigenvalue weighted by Crippen LogP contribution is -2.27. The molecule has 0 bridgehead atoms. The van der Waals surface area contributed by atoms with Crippen molar-refractivity contribution >= 4 is 28.5 Å². The maximum absolute atomic E-state index is 12.3. The van der Waals surface area contributed by atoms with Gasteiger partial charge in [0.25, 0.3) is 0 Å². The lowest BCUT2D eigenvalue weighted by atomic mass is 10.0. The van der Waals surface area contributed by atoms with Crippen LogP contribution >= 0.6 is 11.6 Å². The van der Waals surface area contributed by atoms with E-state index in [1.165, 1.54) is 0 Å². The summed E-state index contributed by atoms with van der Waals surface area (Å²) in [5.41, 5.74) is 2.08. The number of hydrogen-bond donors (Lipinski definition) is 2. The average molecular weight is 372 g/mol. The van der Waals surface area contributed by atoms with Crippen LogP contribution in [-0.2, 0) is 17.8 Å². The van der Waals surface area contributed by atoms with Gasteiger partial charge in [-0.05, 0) is 48.7 Å². The molecule has 2 N–H and O–H groups in total. The highest BCUT2D eigenvalue weighted by Crippen LogP contribution is 2.29. The molecule has 0 unspecified atom stereocenters. The van der Waals surface area contributed by atoms with Crippen LogP contribution in [0.3, 0.4) is 0 Å². The maximum atomic E-state index is 12.3. The summed E-state index contributed by atoms with van der Waals surface area (Å²) >= 11 is 6.07. The quantitative estimate of drug-likeness (QED) is 0.686. The number of halogens is 1. The molecule has 1 heterocycles. The van der Waals surface area contributed by atoms with Gasteiger partial charge in [0.1, 0.15) is 11.3 Å². The zero-order chi connectivity index (χ0) is 18.8. The van der Waals surface area contributed by atoms with Gasteiger partial charge in [0, 0.05) is 11.6 Å². The van der Waals surface area contributed by atoms with Crippen molar-refractivity contribution in [1.29, 1.82) is 0 Å². The van der Waals surface area contributed by atoms with Crippen molar-refractivity contribution in [1.82, 2.24) is 5.32 Å². The van der Waals surface area contributed by atoms with Crippen molar-refractivity contribution in [2.75, 3.05) is 0 Å². The molecule has 6 heteroatoms. The largest absolute Gasteiger partial charge is 0.507 e. The fourth-order valence-corrected chi connectivity index (χ4v) is 3.12. The summed E-state index contributed by atoms with van der Waals surface area (Å²) in [6.07, 6.45) is -0.137. The lowest BCUT2D eigenvalue weighted by molar-refractivity contribution is -0.120. The molecule has 0 aliphatic carbocycles. The minimum atomic E-state index is -0.576. The van der Waals surface area contributed by atoms with E-state index >= 15 is 0 Å². The molecule has 0 spiro atoms. The van der Waals surface area contributed by atoms with E-state index in [0.29, 0.717) is 21.6 Å². The fourth-order valence-electron chi connectivity index (χ4n) is 2.92. The summed E-state index contributed by atoms with van der Waals surface area (Å²) < 4.78 is 5.30. The SMILES string of the molecule is Cc1cc(O)c2c(C)c(CC(=O)NCc3ccccc3Cl)c(=O)oc2c1. The summed E-state index contributed by atoms with van der Waals surface area (Å²) in [6, 6.07) is 10.5. The topological polar surface area (TPSA) is 79.5 Å². The minimum Gasteiger partial charge on any atom is -0.507 e. The number of phenolic OH excluding ortho intramolecular Hbond substituents is 1. The van der Waals surface area contributed by atoms with E-state index in [2.05, 4.69) is 5.32 Å². The third-order valence-corrected chi connectivity index (χ3v) is 4.64. The molecule has 0 aliphatic heterocycles. The zero-order valence-electron chi connectivity index (χ0n) is 14.4. The third-order valence-electron chi connectivity index (χ3n) is 4.27. The van der Waals surface area contributed by atoms with Gasteiger partial charge >= 0.3 is 5.63 Å². The fraction of sp³-hybridized carbons (Fsp3) is 0.200. The van der Waals surface area contributed by atoms with Gasteiger partial charge in [-0.2, -0.15) is 0 Å². The summed E-state index contributed by atoms with van der Waals surface area (Å²) in [7, 11) is 0. The Balaban J connectivity index is 1.85. The second-order valence-electron chi connectivity index (χ2n) is 6.20. The van der Waals surface area contributed by atoms with Crippen LogP contribution < -0.4 is 10.9 Å². The van der Waals surface area contributed by atoms with Gasteiger partial charge < -0.3 is 14.8 Å². The number of rotatable bonds is 4. The molecule has 2 aromatic carbocycles. The molecule has 0 fully saturated rings. The molecule has 1 aromatic heterocycles. The Kier molecular flexibility index (Phi) is 5.00. The van der Waals surface area contributed by atoms with E-state index < -0.39 is 5.63 Å². The van der Waals surface area contributed by atoms with Crippen molar-refractivity contribution in [2.45, 2.75) is 26.8 Å². The van der Waals surface area contributed by atoms with E-state index in [4.69, 9.17) is 16.0 Å². The Bertz CT molecular complexity index is 1060. The molecule has 0 radical (unpaired) electrons. The molecule has 3 rings (SSSR count). The van der Waals surface area contributed by atoms with Crippen molar-refractivity contribution in [3.63, 3.8) is 0 Å². The molecular formula is C20H18ClNO4. The van der Waals surface area contributed by atoms with Crippen LogP contribution in [0.5, 0.6) is 5.75 Å². The number of aromatic hydroxyl groups is 1. The van der Waals surface area contributed by atoms with Crippen molar-refractivity contribution in [3.05, 3.63) is 74.1 Å². The summed E-state index contributed by atoms with van der Waals surface area (Å²) in [5.74, 6) is -0.301. The van der Waals surface area contributed by atoms with Gasteiger partial charge in [0.15, 0.2) is 0 Å². The number of nitrogens with one attached hydrogen (secondary N) is 1. The Morgan fingerprint density at radius 1 is 1.23 bits per heavy atom. The van der Waals surface area contributed by atoms with Crippen molar-refractivity contribution < 1.29 is 14.3 Å². The molecule has 26 heavy (non-hydrogen) atoms. The first kappa shape index (κ1) is 18.0. The van der Waals surface area contributed by atoms with E-state index in [9.17, 15) is 14.7 Å². The number of benzene rings is 2. The highest BCUT2D eigenvalue weighted by molar-refractivity contribution is 6.31. The number of phenols is 1. The van der Waals surface area contributed by atoms with E-state index in [1.54, 1.807) is 32.0 Å². The Morgan fingerprint density at radius 3 is 2.69 bits per heavy atom. The number of carbonyl (C=O) groups excluding carboxylic acids is 1. The van der Waals surface area contributed by atoms with E-state index in [0.717, 1.165) is 11.1 Å². The van der Waals surface area contributed by atoms with Crippen LogP contribution in [0, 0.1) is 13.8 Å². The minimum absolute atomic E-state index is 0.0268. The van der Waals surface area contributed by atoms with Crippen LogP contribution in [0.15, 0.2) is 45.6 Å².